The Labute approximate surface area is 94.6 Å². The first kappa shape index (κ1) is 13.0. The highest BCUT2D eigenvalue weighted by Crippen LogP contribution is 2.32. The van der Waals surface area contributed by atoms with Gasteiger partial charge in [-0.2, -0.15) is 13.2 Å². The van der Waals surface area contributed by atoms with E-state index in [-0.39, 0.29) is 18.5 Å². The van der Waals surface area contributed by atoms with E-state index < -0.39 is 22.4 Å². The maximum Gasteiger partial charge on any atom is 0.416 e. The number of nitrogens with zero attached hydrogens (tertiary/aromatic N) is 2. The summed E-state index contributed by atoms with van der Waals surface area (Å²) in [6, 6.07) is 2.37. The van der Waals surface area contributed by atoms with E-state index in [9.17, 15) is 23.3 Å². The molecule has 7 heteroatoms. The van der Waals surface area contributed by atoms with E-state index >= 15 is 0 Å². The molecule has 0 fully saturated rings. The van der Waals surface area contributed by atoms with Crippen LogP contribution in [0.3, 0.4) is 0 Å². The first-order valence-electron chi connectivity index (χ1n) is 4.53. The number of non-ortho nitro benzene ring substituents is 1. The van der Waals surface area contributed by atoms with Crippen LogP contribution in [0.5, 0.6) is 0 Å². The molecule has 0 unspecified atom stereocenters. The third kappa shape index (κ3) is 3.45. The van der Waals surface area contributed by atoms with Gasteiger partial charge in [0.15, 0.2) is 0 Å². The number of rotatable bonds is 3. The van der Waals surface area contributed by atoms with E-state index in [1.54, 1.807) is 0 Å². The van der Waals surface area contributed by atoms with Crippen LogP contribution >= 0.6 is 0 Å². The molecule has 0 bridgehead atoms. The van der Waals surface area contributed by atoms with Gasteiger partial charge in [-0.3, -0.25) is 10.1 Å². The molecule has 0 atom stereocenters. The maximum absolute atomic E-state index is 12.5. The van der Waals surface area contributed by atoms with Gasteiger partial charge in [-0.25, -0.2) is 6.57 Å². The first-order valence-corrected chi connectivity index (χ1v) is 4.53. The van der Waals surface area contributed by atoms with Gasteiger partial charge in [-0.15, -0.1) is 0 Å². The quantitative estimate of drug-likeness (QED) is 0.466. The van der Waals surface area contributed by atoms with E-state index in [0.29, 0.717) is 6.07 Å². The summed E-state index contributed by atoms with van der Waals surface area (Å²) in [7, 11) is 0. The molecule has 0 aliphatic heterocycles. The van der Waals surface area contributed by atoms with E-state index in [1.165, 1.54) is 0 Å². The van der Waals surface area contributed by atoms with Gasteiger partial charge in [0.05, 0.1) is 10.5 Å². The molecule has 0 saturated heterocycles. The van der Waals surface area contributed by atoms with Crippen LogP contribution in [0.4, 0.5) is 18.9 Å². The number of nitro groups is 1. The van der Waals surface area contributed by atoms with Gasteiger partial charge in [-0.1, -0.05) is 0 Å². The maximum atomic E-state index is 12.5. The second kappa shape index (κ2) is 4.82. The lowest BCUT2D eigenvalue weighted by molar-refractivity contribution is -0.385. The van der Waals surface area contributed by atoms with Crippen molar-refractivity contribution >= 4 is 5.69 Å². The predicted molar refractivity (Wildman–Crippen MR) is 53.3 cm³/mol. The Hall–Kier alpha value is -2.10. The Bertz CT molecular complexity index is 477. The van der Waals surface area contributed by atoms with Crippen molar-refractivity contribution in [2.75, 3.05) is 6.54 Å². The standard InChI is InChI=1S/C10H7F3N2O2/c1-14-3-2-7-4-8(10(11,12)13)6-9(5-7)15(16)17/h4-6H,2-3H2. The minimum atomic E-state index is -4.63. The fourth-order valence-corrected chi connectivity index (χ4v) is 1.27. The van der Waals surface area contributed by atoms with Crippen LogP contribution in [-0.4, -0.2) is 11.5 Å². The van der Waals surface area contributed by atoms with Crippen molar-refractivity contribution in [3.63, 3.8) is 0 Å². The van der Waals surface area contributed by atoms with E-state index in [0.717, 1.165) is 12.1 Å². The minimum absolute atomic E-state index is 0.00152. The molecule has 0 amide bonds. The lowest BCUT2D eigenvalue weighted by atomic mass is 10.1. The van der Waals surface area contributed by atoms with Crippen LogP contribution < -0.4 is 0 Å². The summed E-state index contributed by atoms with van der Waals surface area (Å²) in [5.41, 5.74) is -1.53. The summed E-state index contributed by atoms with van der Waals surface area (Å²) < 4.78 is 37.4. The average Bonchev–Trinajstić information content (AvgIpc) is 2.24. The predicted octanol–water partition coefficient (Wildman–Crippen LogP) is 3.08. The van der Waals surface area contributed by atoms with Crippen molar-refractivity contribution in [3.05, 3.63) is 50.9 Å². The van der Waals surface area contributed by atoms with Crippen molar-refractivity contribution in [1.82, 2.24) is 0 Å². The first-order chi connectivity index (χ1) is 7.84. The highest BCUT2D eigenvalue weighted by molar-refractivity contribution is 5.40. The van der Waals surface area contributed by atoms with Gasteiger partial charge < -0.3 is 4.85 Å². The van der Waals surface area contributed by atoms with Gasteiger partial charge in [0.2, 0.25) is 6.54 Å². The highest BCUT2D eigenvalue weighted by Gasteiger charge is 2.32. The van der Waals surface area contributed by atoms with Crippen LogP contribution in [0.25, 0.3) is 4.85 Å². The molecule has 4 nitrogen and oxygen atoms in total. The Morgan fingerprint density at radius 1 is 1.35 bits per heavy atom. The van der Waals surface area contributed by atoms with Gasteiger partial charge in [0.25, 0.3) is 5.69 Å². The third-order valence-electron chi connectivity index (χ3n) is 2.03. The Morgan fingerprint density at radius 3 is 2.47 bits per heavy atom. The van der Waals surface area contributed by atoms with Crippen LogP contribution in [0.1, 0.15) is 11.1 Å². The number of nitro benzene ring substituents is 1. The summed E-state index contributed by atoms with van der Waals surface area (Å²) in [5, 5.41) is 10.5. The fraction of sp³-hybridized carbons (Fsp3) is 0.300. The Balaban J connectivity index is 3.20. The molecule has 17 heavy (non-hydrogen) atoms. The van der Waals surface area contributed by atoms with Crippen LogP contribution in [-0.2, 0) is 12.6 Å². The number of alkyl halides is 3. The van der Waals surface area contributed by atoms with Crippen molar-refractivity contribution in [3.8, 4) is 0 Å². The van der Waals surface area contributed by atoms with Crippen molar-refractivity contribution in [2.45, 2.75) is 12.6 Å². The van der Waals surface area contributed by atoms with Gasteiger partial charge in [-0.05, 0) is 11.6 Å². The Morgan fingerprint density at radius 2 is 2.00 bits per heavy atom. The largest absolute Gasteiger partial charge is 0.416 e. The van der Waals surface area contributed by atoms with Gasteiger partial charge in [0, 0.05) is 18.6 Å². The second-order valence-corrected chi connectivity index (χ2v) is 3.27. The van der Waals surface area contributed by atoms with Gasteiger partial charge in [0.1, 0.15) is 0 Å². The molecule has 0 N–H and O–H groups in total. The zero-order valence-electron chi connectivity index (χ0n) is 8.49. The van der Waals surface area contributed by atoms with Crippen molar-refractivity contribution in [2.24, 2.45) is 0 Å². The number of hydrogen-bond acceptors (Lipinski definition) is 2. The normalized spacial score (nSPS) is 10.9. The summed E-state index contributed by atoms with van der Waals surface area (Å²) in [4.78, 5) is 12.6. The van der Waals surface area contributed by atoms with Crippen LogP contribution in [0, 0.1) is 16.7 Å². The van der Waals surface area contributed by atoms with E-state index in [4.69, 9.17) is 6.57 Å². The molecule has 1 aromatic rings. The molecule has 0 heterocycles. The minimum Gasteiger partial charge on any atom is -0.317 e. The van der Waals surface area contributed by atoms with Crippen LogP contribution in [0.2, 0.25) is 0 Å². The molecule has 0 aromatic heterocycles. The third-order valence-corrected chi connectivity index (χ3v) is 2.03. The van der Waals surface area contributed by atoms with Gasteiger partial charge >= 0.3 is 6.18 Å². The van der Waals surface area contributed by atoms with Crippen molar-refractivity contribution < 1.29 is 18.1 Å². The van der Waals surface area contributed by atoms with E-state index in [1.807, 2.05) is 0 Å². The zero-order chi connectivity index (χ0) is 13.1. The molecular formula is C10H7F3N2O2. The average molecular weight is 244 g/mol. The topological polar surface area (TPSA) is 47.5 Å². The lowest BCUT2D eigenvalue weighted by Crippen LogP contribution is -2.07. The zero-order valence-corrected chi connectivity index (χ0v) is 8.49. The summed E-state index contributed by atoms with van der Waals surface area (Å²) in [5.74, 6) is 0. The molecular weight excluding hydrogens is 237 g/mol. The Kier molecular flexibility index (Phi) is 3.68. The molecule has 1 aromatic carbocycles. The molecule has 90 valence electrons. The number of halogens is 3. The molecule has 0 spiro atoms. The SMILES string of the molecule is [C-]#[N+]CCc1cc([N+](=O)[O-])cc(C(F)(F)F)c1. The van der Waals surface area contributed by atoms with Crippen LogP contribution in [0.15, 0.2) is 18.2 Å². The van der Waals surface area contributed by atoms with E-state index in [2.05, 4.69) is 4.85 Å². The summed E-state index contributed by atoms with van der Waals surface area (Å²) in [6.45, 7) is 6.53. The smallest absolute Gasteiger partial charge is 0.317 e. The summed E-state index contributed by atoms with van der Waals surface area (Å²) >= 11 is 0. The second-order valence-electron chi connectivity index (χ2n) is 3.27. The molecule has 1 rings (SSSR count). The molecule has 0 aliphatic rings. The molecule has 0 radical (unpaired) electrons. The number of benzene rings is 1. The lowest BCUT2D eigenvalue weighted by Gasteiger charge is -2.07. The summed E-state index contributed by atoms with van der Waals surface area (Å²) in [6.07, 6.45) is -4.56. The fourth-order valence-electron chi connectivity index (χ4n) is 1.27. The molecule has 0 aliphatic carbocycles. The molecule has 0 saturated carbocycles. The highest BCUT2D eigenvalue weighted by atomic mass is 19.4. The monoisotopic (exact) mass is 244 g/mol. The van der Waals surface area contributed by atoms with Crippen molar-refractivity contribution in [1.29, 1.82) is 0 Å². The number of hydrogen-bond donors (Lipinski definition) is 0.